The summed E-state index contributed by atoms with van der Waals surface area (Å²) in [6.07, 6.45) is 2.61. The topological polar surface area (TPSA) is 55.2 Å². The standard InChI is InChI=1S/C12H14F2N2O2/c1-7-2-3-8(6-7)15-12-10(16(17)18)5-4-9(13)11(12)14/h4-5,7-8,15H,2-3,6H2,1H3. The molecule has 6 heteroatoms. The van der Waals surface area contributed by atoms with Gasteiger partial charge in [0.1, 0.15) is 0 Å². The van der Waals surface area contributed by atoms with Gasteiger partial charge in [-0.2, -0.15) is 0 Å². The Balaban J connectivity index is 2.30. The summed E-state index contributed by atoms with van der Waals surface area (Å²) < 4.78 is 26.8. The fraction of sp³-hybridized carbons (Fsp3) is 0.500. The van der Waals surface area contributed by atoms with Crippen LogP contribution in [0.3, 0.4) is 0 Å². The quantitative estimate of drug-likeness (QED) is 0.665. The maximum absolute atomic E-state index is 13.6. The van der Waals surface area contributed by atoms with E-state index in [2.05, 4.69) is 12.2 Å². The number of nitrogens with one attached hydrogen (secondary N) is 1. The second-order valence-electron chi connectivity index (χ2n) is 4.77. The molecule has 1 aliphatic carbocycles. The van der Waals surface area contributed by atoms with E-state index in [-0.39, 0.29) is 11.7 Å². The molecule has 2 rings (SSSR count). The molecule has 0 aromatic heterocycles. The van der Waals surface area contributed by atoms with Gasteiger partial charge in [0.25, 0.3) is 5.69 Å². The number of hydrogen-bond donors (Lipinski definition) is 1. The molecule has 1 N–H and O–H groups in total. The van der Waals surface area contributed by atoms with Gasteiger partial charge in [-0.15, -0.1) is 0 Å². The van der Waals surface area contributed by atoms with Crippen LogP contribution < -0.4 is 5.32 Å². The van der Waals surface area contributed by atoms with Gasteiger partial charge in [-0.05, 0) is 31.2 Å². The van der Waals surface area contributed by atoms with Crippen LogP contribution in [0, 0.1) is 27.7 Å². The van der Waals surface area contributed by atoms with Crippen molar-refractivity contribution >= 4 is 11.4 Å². The van der Waals surface area contributed by atoms with Gasteiger partial charge >= 0.3 is 0 Å². The van der Waals surface area contributed by atoms with Crippen LogP contribution in [-0.4, -0.2) is 11.0 Å². The van der Waals surface area contributed by atoms with E-state index in [1.165, 1.54) is 0 Å². The lowest BCUT2D eigenvalue weighted by Crippen LogP contribution is -2.17. The third-order valence-corrected chi connectivity index (χ3v) is 3.31. The highest BCUT2D eigenvalue weighted by atomic mass is 19.2. The lowest BCUT2D eigenvalue weighted by atomic mass is 10.1. The van der Waals surface area contributed by atoms with Gasteiger partial charge in [-0.3, -0.25) is 10.1 Å². The van der Waals surface area contributed by atoms with Crippen molar-refractivity contribution < 1.29 is 13.7 Å². The van der Waals surface area contributed by atoms with E-state index in [0.717, 1.165) is 31.4 Å². The first-order valence-electron chi connectivity index (χ1n) is 5.88. The molecular weight excluding hydrogens is 242 g/mol. The summed E-state index contributed by atoms with van der Waals surface area (Å²) in [6.45, 7) is 2.07. The number of nitro groups is 1. The molecule has 0 amide bonds. The Kier molecular flexibility index (Phi) is 3.45. The van der Waals surface area contributed by atoms with Gasteiger partial charge < -0.3 is 5.32 Å². The minimum absolute atomic E-state index is 0.0324. The molecule has 1 aromatic carbocycles. The predicted octanol–water partition coefficient (Wildman–Crippen LogP) is 3.47. The summed E-state index contributed by atoms with van der Waals surface area (Å²) in [6, 6.07) is 1.73. The first kappa shape index (κ1) is 12.7. The molecule has 0 heterocycles. The average Bonchev–Trinajstić information content (AvgIpc) is 2.70. The summed E-state index contributed by atoms with van der Waals surface area (Å²) in [5.41, 5.74) is -0.757. The molecule has 4 nitrogen and oxygen atoms in total. The molecule has 0 bridgehead atoms. The van der Waals surface area contributed by atoms with E-state index in [4.69, 9.17) is 0 Å². The van der Waals surface area contributed by atoms with Crippen LogP contribution in [0.2, 0.25) is 0 Å². The van der Waals surface area contributed by atoms with Crippen LogP contribution in [0.4, 0.5) is 20.2 Å². The largest absolute Gasteiger partial charge is 0.374 e. The second kappa shape index (κ2) is 4.88. The molecule has 1 fully saturated rings. The first-order valence-corrected chi connectivity index (χ1v) is 5.88. The van der Waals surface area contributed by atoms with Gasteiger partial charge in [0.05, 0.1) is 4.92 Å². The Morgan fingerprint density at radius 3 is 2.67 bits per heavy atom. The molecule has 0 saturated heterocycles. The normalized spacial score (nSPS) is 23.1. The first-order chi connectivity index (χ1) is 8.49. The molecule has 1 aromatic rings. The van der Waals surface area contributed by atoms with Crippen molar-refractivity contribution in [2.45, 2.75) is 32.2 Å². The van der Waals surface area contributed by atoms with Gasteiger partial charge in [0.2, 0.25) is 0 Å². The van der Waals surface area contributed by atoms with Crippen molar-refractivity contribution in [2.75, 3.05) is 5.32 Å². The molecule has 2 unspecified atom stereocenters. The fourth-order valence-corrected chi connectivity index (χ4v) is 2.37. The van der Waals surface area contributed by atoms with Crippen molar-refractivity contribution in [3.8, 4) is 0 Å². The number of hydrogen-bond acceptors (Lipinski definition) is 3. The van der Waals surface area contributed by atoms with Crippen LogP contribution in [0.1, 0.15) is 26.2 Å². The number of benzene rings is 1. The van der Waals surface area contributed by atoms with Crippen LogP contribution in [0.5, 0.6) is 0 Å². The summed E-state index contributed by atoms with van der Waals surface area (Å²) >= 11 is 0. The molecule has 0 aliphatic heterocycles. The Hall–Kier alpha value is -1.72. The summed E-state index contributed by atoms with van der Waals surface area (Å²) in [5, 5.41) is 13.6. The lowest BCUT2D eigenvalue weighted by molar-refractivity contribution is -0.384. The Morgan fingerprint density at radius 1 is 1.39 bits per heavy atom. The number of nitrogens with zero attached hydrogens (tertiary/aromatic N) is 1. The van der Waals surface area contributed by atoms with E-state index in [9.17, 15) is 18.9 Å². The summed E-state index contributed by atoms with van der Waals surface area (Å²) in [5.74, 6) is -1.75. The van der Waals surface area contributed by atoms with Gasteiger partial charge in [-0.25, -0.2) is 8.78 Å². The number of anilines is 1. The molecular formula is C12H14F2N2O2. The van der Waals surface area contributed by atoms with Crippen LogP contribution >= 0.6 is 0 Å². The van der Waals surface area contributed by atoms with Gasteiger partial charge in [-0.1, -0.05) is 6.92 Å². The molecule has 1 saturated carbocycles. The zero-order valence-electron chi connectivity index (χ0n) is 9.95. The van der Waals surface area contributed by atoms with E-state index in [1.807, 2.05) is 0 Å². The summed E-state index contributed by atoms with van der Waals surface area (Å²) in [7, 11) is 0. The molecule has 0 radical (unpaired) electrons. The summed E-state index contributed by atoms with van der Waals surface area (Å²) in [4.78, 5) is 10.1. The Bertz CT molecular complexity index is 479. The zero-order chi connectivity index (χ0) is 13.3. The molecule has 18 heavy (non-hydrogen) atoms. The Morgan fingerprint density at radius 2 is 2.11 bits per heavy atom. The smallest absolute Gasteiger partial charge is 0.295 e. The minimum atomic E-state index is -1.18. The second-order valence-corrected chi connectivity index (χ2v) is 4.77. The van der Waals surface area contributed by atoms with E-state index in [1.54, 1.807) is 0 Å². The molecule has 98 valence electrons. The zero-order valence-corrected chi connectivity index (χ0v) is 9.95. The average molecular weight is 256 g/mol. The van der Waals surface area contributed by atoms with Crippen LogP contribution in [-0.2, 0) is 0 Å². The third-order valence-electron chi connectivity index (χ3n) is 3.31. The Labute approximate surface area is 103 Å². The van der Waals surface area contributed by atoms with Crippen LogP contribution in [0.25, 0.3) is 0 Å². The van der Waals surface area contributed by atoms with E-state index >= 15 is 0 Å². The van der Waals surface area contributed by atoms with Crippen molar-refractivity contribution in [1.29, 1.82) is 0 Å². The van der Waals surface area contributed by atoms with Crippen LogP contribution in [0.15, 0.2) is 12.1 Å². The maximum atomic E-state index is 13.6. The highest BCUT2D eigenvalue weighted by Gasteiger charge is 2.27. The minimum Gasteiger partial charge on any atom is -0.374 e. The number of rotatable bonds is 3. The molecule has 2 atom stereocenters. The molecule has 1 aliphatic rings. The lowest BCUT2D eigenvalue weighted by Gasteiger charge is -2.14. The van der Waals surface area contributed by atoms with E-state index in [0.29, 0.717) is 5.92 Å². The fourth-order valence-electron chi connectivity index (χ4n) is 2.37. The number of nitro benzene ring substituents is 1. The monoisotopic (exact) mass is 256 g/mol. The maximum Gasteiger partial charge on any atom is 0.295 e. The van der Waals surface area contributed by atoms with Crippen molar-refractivity contribution in [2.24, 2.45) is 5.92 Å². The number of halogens is 2. The van der Waals surface area contributed by atoms with Gasteiger partial charge in [0, 0.05) is 12.1 Å². The third kappa shape index (κ3) is 2.42. The highest BCUT2D eigenvalue weighted by molar-refractivity contribution is 5.63. The SMILES string of the molecule is CC1CCC(Nc2c([N+](=O)[O-])ccc(F)c2F)C1. The molecule has 0 spiro atoms. The van der Waals surface area contributed by atoms with Gasteiger partial charge in [0.15, 0.2) is 17.3 Å². The van der Waals surface area contributed by atoms with Crippen molar-refractivity contribution in [3.05, 3.63) is 33.9 Å². The predicted molar refractivity (Wildman–Crippen MR) is 63.4 cm³/mol. The van der Waals surface area contributed by atoms with Crippen molar-refractivity contribution in [1.82, 2.24) is 0 Å². The highest BCUT2D eigenvalue weighted by Crippen LogP contribution is 2.33. The van der Waals surface area contributed by atoms with Crippen molar-refractivity contribution in [3.63, 3.8) is 0 Å². The van der Waals surface area contributed by atoms with E-state index < -0.39 is 22.2 Å².